The van der Waals surface area contributed by atoms with E-state index >= 15 is 0 Å². The van der Waals surface area contributed by atoms with Crippen LogP contribution in [0.3, 0.4) is 0 Å². The van der Waals surface area contributed by atoms with Crippen LogP contribution in [0.5, 0.6) is 0 Å². The van der Waals surface area contributed by atoms with Gasteiger partial charge in [0.15, 0.2) is 0 Å². The summed E-state index contributed by atoms with van der Waals surface area (Å²) in [6, 6.07) is 8.08. The summed E-state index contributed by atoms with van der Waals surface area (Å²) in [5.74, 6) is -1.10. The Morgan fingerprint density at radius 1 is 1.05 bits per heavy atom. The Morgan fingerprint density at radius 2 is 1.65 bits per heavy atom. The van der Waals surface area contributed by atoms with Crippen LogP contribution in [-0.2, 0) is 14.3 Å². The molecule has 0 fully saturated rings. The van der Waals surface area contributed by atoms with Crippen LogP contribution in [0.4, 0.5) is 10.5 Å². The van der Waals surface area contributed by atoms with Crippen LogP contribution in [0.2, 0.25) is 5.02 Å². The monoisotopic (exact) mass is 531 g/mol. The molecule has 0 heterocycles. The molecular weight excluding hydrogens is 494 g/mol. The molecule has 0 aliphatic heterocycles. The van der Waals surface area contributed by atoms with Gasteiger partial charge in [-0.15, -0.1) is 0 Å². The van der Waals surface area contributed by atoms with Crippen LogP contribution < -0.4 is 10.6 Å². The summed E-state index contributed by atoms with van der Waals surface area (Å²) < 4.78 is 5.26. The fourth-order valence-electron chi connectivity index (χ4n) is 4.08. The number of ether oxygens (including phenoxy) is 1. The summed E-state index contributed by atoms with van der Waals surface area (Å²) in [6.45, 7) is 13.6. The molecule has 0 saturated carbocycles. The highest BCUT2D eigenvalue weighted by Crippen LogP contribution is 2.31. The molecule has 3 amide bonds. The number of carbonyl (C=O) groups is 3. The van der Waals surface area contributed by atoms with Gasteiger partial charge in [0.25, 0.3) is 5.91 Å². The van der Waals surface area contributed by atoms with Gasteiger partial charge in [0, 0.05) is 6.04 Å². The molecule has 0 bridgehead atoms. The molecule has 0 aliphatic rings. The lowest BCUT2D eigenvalue weighted by atomic mass is 9.97. The first-order chi connectivity index (χ1) is 17.1. The highest BCUT2D eigenvalue weighted by atomic mass is 35.5. The molecule has 2 unspecified atom stereocenters. The SMILES string of the molecule is Cc1cc(C)cc(C(C(=O)Nc2c(C)cccc2Cl)N(C(=O)C(CO)NC(=O)OC(C)(C)C)C(C)C)c1. The number of benzene rings is 2. The molecule has 2 aromatic rings. The number of para-hydroxylation sites is 1. The molecule has 37 heavy (non-hydrogen) atoms. The first kappa shape index (κ1) is 30.1. The molecule has 202 valence electrons. The van der Waals surface area contributed by atoms with Crippen molar-refractivity contribution in [1.82, 2.24) is 10.2 Å². The fourth-order valence-corrected chi connectivity index (χ4v) is 4.35. The quantitative estimate of drug-likeness (QED) is 0.441. The van der Waals surface area contributed by atoms with Crippen molar-refractivity contribution >= 4 is 35.2 Å². The molecule has 8 nitrogen and oxygen atoms in total. The van der Waals surface area contributed by atoms with Gasteiger partial charge in [-0.25, -0.2) is 4.79 Å². The molecule has 2 aromatic carbocycles. The summed E-state index contributed by atoms with van der Waals surface area (Å²) >= 11 is 6.37. The Balaban J connectivity index is 2.55. The third-order valence-electron chi connectivity index (χ3n) is 5.54. The first-order valence-corrected chi connectivity index (χ1v) is 12.6. The molecule has 0 spiro atoms. The lowest BCUT2D eigenvalue weighted by Gasteiger charge is -2.37. The van der Waals surface area contributed by atoms with E-state index in [1.54, 1.807) is 46.8 Å². The molecule has 2 rings (SSSR count). The highest BCUT2D eigenvalue weighted by molar-refractivity contribution is 6.34. The standard InChI is InChI=1S/C28H38ClN3O5/c1-16(2)32(26(35)22(15-33)30-27(36)37-28(6,7)8)24(20-13-17(3)12-18(4)14-20)25(34)31-23-19(5)10-9-11-21(23)29/h9-14,16,22,24,33H,15H2,1-8H3,(H,30,36)(H,31,34). The van der Waals surface area contributed by atoms with Crippen molar-refractivity contribution in [2.75, 3.05) is 11.9 Å². The van der Waals surface area contributed by atoms with E-state index in [1.165, 1.54) is 4.90 Å². The molecule has 3 N–H and O–H groups in total. The van der Waals surface area contributed by atoms with E-state index in [-0.39, 0.29) is 0 Å². The van der Waals surface area contributed by atoms with Gasteiger partial charge in [0.05, 0.1) is 17.3 Å². The molecule has 0 radical (unpaired) electrons. The van der Waals surface area contributed by atoms with E-state index in [0.717, 1.165) is 16.7 Å². The lowest BCUT2D eigenvalue weighted by Crippen LogP contribution is -2.55. The maximum atomic E-state index is 13.9. The van der Waals surface area contributed by atoms with Crippen molar-refractivity contribution in [3.8, 4) is 0 Å². The van der Waals surface area contributed by atoms with Crippen molar-refractivity contribution < 1.29 is 24.2 Å². The average molecular weight is 532 g/mol. The number of carbonyl (C=O) groups excluding carboxylic acids is 3. The maximum absolute atomic E-state index is 13.9. The van der Waals surface area contributed by atoms with Crippen LogP contribution in [-0.4, -0.2) is 52.2 Å². The molecule has 9 heteroatoms. The number of aliphatic hydroxyl groups excluding tert-OH is 1. The number of nitrogens with one attached hydrogen (secondary N) is 2. The van der Waals surface area contributed by atoms with Gasteiger partial charge in [0.2, 0.25) is 5.91 Å². The summed E-state index contributed by atoms with van der Waals surface area (Å²) in [5.41, 5.74) is 2.86. The number of alkyl carbamates (subject to hydrolysis) is 1. The second-order valence-corrected chi connectivity index (χ2v) is 10.9. The number of rotatable bonds is 8. The fraction of sp³-hybridized carbons (Fsp3) is 0.464. The molecular formula is C28H38ClN3O5. The van der Waals surface area contributed by atoms with Gasteiger partial charge in [0.1, 0.15) is 17.7 Å². The Bertz CT molecular complexity index is 1100. The van der Waals surface area contributed by atoms with Crippen molar-refractivity contribution in [3.63, 3.8) is 0 Å². The Hall–Kier alpha value is -3.10. The van der Waals surface area contributed by atoms with Gasteiger partial charge < -0.3 is 25.4 Å². The zero-order valence-electron chi connectivity index (χ0n) is 22.8. The van der Waals surface area contributed by atoms with Gasteiger partial charge in [-0.2, -0.15) is 0 Å². The largest absolute Gasteiger partial charge is 0.444 e. The number of nitrogens with zero attached hydrogens (tertiary/aromatic N) is 1. The van der Waals surface area contributed by atoms with Crippen molar-refractivity contribution in [2.45, 2.75) is 79.1 Å². The molecule has 2 atom stereocenters. The average Bonchev–Trinajstić information content (AvgIpc) is 2.75. The number of anilines is 1. The lowest BCUT2D eigenvalue weighted by molar-refractivity contribution is -0.143. The van der Waals surface area contributed by atoms with Crippen LogP contribution in [0, 0.1) is 20.8 Å². The third-order valence-corrected chi connectivity index (χ3v) is 5.85. The Morgan fingerprint density at radius 3 is 2.14 bits per heavy atom. The zero-order chi connectivity index (χ0) is 28.1. The van der Waals surface area contributed by atoms with Gasteiger partial charge in [-0.05, 0) is 72.6 Å². The van der Waals surface area contributed by atoms with E-state index in [4.69, 9.17) is 16.3 Å². The minimum atomic E-state index is -1.32. The predicted molar refractivity (Wildman–Crippen MR) is 146 cm³/mol. The maximum Gasteiger partial charge on any atom is 0.408 e. The number of hydrogen-bond donors (Lipinski definition) is 3. The molecule has 0 aliphatic carbocycles. The van der Waals surface area contributed by atoms with E-state index in [1.807, 2.05) is 45.0 Å². The van der Waals surface area contributed by atoms with E-state index in [2.05, 4.69) is 10.6 Å². The number of hydrogen-bond acceptors (Lipinski definition) is 5. The van der Waals surface area contributed by atoms with Gasteiger partial charge in [-0.3, -0.25) is 9.59 Å². The van der Waals surface area contributed by atoms with Crippen LogP contribution >= 0.6 is 11.6 Å². The summed E-state index contributed by atoms with van der Waals surface area (Å²) in [6.07, 6.45) is -0.845. The van der Waals surface area contributed by atoms with Crippen molar-refractivity contribution in [1.29, 1.82) is 0 Å². The van der Waals surface area contributed by atoms with Crippen molar-refractivity contribution in [3.05, 3.63) is 63.7 Å². The molecule has 0 aromatic heterocycles. The summed E-state index contributed by atoms with van der Waals surface area (Å²) in [4.78, 5) is 41.4. The van der Waals surface area contributed by atoms with Crippen LogP contribution in [0.25, 0.3) is 0 Å². The Kier molecular flexibility index (Phi) is 10.1. The second-order valence-electron chi connectivity index (χ2n) is 10.5. The summed E-state index contributed by atoms with van der Waals surface area (Å²) in [7, 11) is 0. The minimum absolute atomic E-state index is 0.370. The normalized spacial score (nSPS) is 13.1. The van der Waals surface area contributed by atoms with E-state index < -0.39 is 48.2 Å². The molecule has 0 saturated heterocycles. The highest BCUT2D eigenvalue weighted by Gasteiger charge is 2.38. The third kappa shape index (κ3) is 8.20. The van der Waals surface area contributed by atoms with Crippen LogP contribution in [0.15, 0.2) is 36.4 Å². The first-order valence-electron chi connectivity index (χ1n) is 12.2. The topological polar surface area (TPSA) is 108 Å². The number of amides is 3. The van der Waals surface area contributed by atoms with E-state index in [0.29, 0.717) is 16.3 Å². The summed E-state index contributed by atoms with van der Waals surface area (Å²) in [5, 5.41) is 15.7. The van der Waals surface area contributed by atoms with Crippen LogP contribution in [0.1, 0.15) is 62.9 Å². The predicted octanol–water partition coefficient (Wildman–Crippen LogP) is 5.07. The number of halogens is 1. The minimum Gasteiger partial charge on any atom is -0.444 e. The Labute approximate surface area is 224 Å². The second kappa shape index (κ2) is 12.4. The van der Waals surface area contributed by atoms with Crippen molar-refractivity contribution in [2.24, 2.45) is 0 Å². The smallest absolute Gasteiger partial charge is 0.408 e. The number of aryl methyl sites for hydroxylation is 3. The zero-order valence-corrected chi connectivity index (χ0v) is 23.6. The number of aliphatic hydroxyl groups is 1. The van der Waals surface area contributed by atoms with Gasteiger partial charge in [-0.1, -0.05) is 53.1 Å². The van der Waals surface area contributed by atoms with Gasteiger partial charge >= 0.3 is 6.09 Å². The van der Waals surface area contributed by atoms with E-state index in [9.17, 15) is 19.5 Å².